The average Bonchev–Trinajstić information content (AvgIpc) is 2.48. The molecule has 0 spiro atoms. The summed E-state index contributed by atoms with van der Waals surface area (Å²) in [6.45, 7) is 2.01. The van der Waals surface area contributed by atoms with E-state index in [9.17, 15) is 0 Å². The Labute approximate surface area is 118 Å². The first-order valence-corrected chi connectivity index (χ1v) is 6.73. The van der Waals surface area contributed by atoms with Crippen LogP contribution in [0.3, 0.4) is 0 Å². The number of benzene rings is 1. The fraction of sp³-hybridized carbons (Fsp3) is 0.176. The molecule has 0 fully saturated rings. The fourth-order valence-electron chi connectivity index (χ4n) is 2.46. The van der Waals surface area contributed by atoms with Crippen molar-refractivity contribution in [3.05, 3.63) is 71.7 Å². The minimum absolute atomic E-state index is 0.0620. The van der Waals surface area contributed by atoms with Gasteiger partial charge >= 0.3 is 0 Å². The van der Waals surface area contributed by atoms with Crippen molar-refractivity contribution in [2.45, 2.75) is 13.0 Å². The predicted octanol–water partition coefficient (Wildman–Crippen LogP) is 3.25. The molecule has 3 heteroatoms. The Morgan fingerprint density at radius 3 is 2.70 bits per heavy atom. The van der Waals surface area contributed by atoms with E-state index < -0.39 is 0 Å². The number of hydrogen-bond acceptors (Lipinski definition) is 3. The van der Waals surface area contributed by atoms with Crippen LogP contribution >= 0.6 is 0 Å². The number of nitrogens with one attached hydrogen (secondary N) is 1. The van der Waals surface area contributed by atoms with E-state index in [-0.39, 0.29) is 6.04 Å². The maximum atomic E-state index is 4.61. The smallest absolute Gasteiger partial charge is 0.0764 e. The second-order valence-corrected chi connectivity index (χ2v) is 4.89. The molecule has 0 aliphatic heterocycles. The molecule has 2 heterocycles. The monoisotopic (exact) mass is 263 g/mol. The number of aromatic nitrogens is 2. The molecule has 0 amide bonds. The Hall–Kier alpha value is -2.26. The van der Waals surface area contributed by atoms with E-state index in [1.54, 1.807) is 0 Å². The summed E-state index contributed by atoms with van der Waals surface area (Å²) >= 11 is 0. The van der Waals surface area contributed by atoms with Gasteiger partial charge in [0.25, 0.3) is 0 Å². The molecule has 0 saturated heterocycles. The van der Waals surface area contributed by atoms with Gasteiger partial charge in [0.15, 0.2) is 0 Å². The van der Waals surface area contributed by atoms with Crippen molar-refractivity contribution in [1.29, 1.82) is 0 Å². The van der Waals surface area contributed by atoms with Crippen LogP contribution in [0.2, 0.25) is 0 Å². The standard InChI is InChI=1S/C17H17N3/c1-12-6-5-9-16(20-12)17(18-2)14-10-13-7-3-4-8-15(13)19-11-14/h3-11,17-18H,1-2H3. The zero-order valence-electron chi connectivity index (χ0n) is 11.7. The van der Waals surface area contributed by atoms with Gasteiger partial charge in [0, 0.05) is 17.3 Å². The van der Waals surface area contributed by atoms with Gasteiger partial charge in [-0.05, 0) is 43.8 Å². The number of nitrogens with zero attached hydrogens (tertiary/aromatic N) is 2. The highest BCUT2D eigenvalue weighted by Crippen LogP contribution is 2.22. The molecular weight excluding hydrogens is 246 g/mol. The van der Waals surface area contributed by atoms with E-state index in [4.69, 9.17) is 0 Å². The Morgan fingerprint density at radius 1 is 1.05 bits per heavy atom. The van der Waals surface area contributed by atoms with Crippen LogP contribution in [0.4, 0.5) is 0 Å². The minimum atomic E-state index is 0.0620. The quantitative estimate of drug-likeness (QED) is 0.788. The van der Waals surface area contributed by atoms with Crippen molar-refractivity contribution in [2.24, 2.45) is 0 Å². The largest absolute Gasteiger partial charge is 0.308 e. The maximum Gasteiger partial charge on any atom is 0.0764 e. The van der Waals surface area contributed by atoms with Crippen LogP contribution in [0.5, 0.6) is 0 Å². The lowest BCUT2D eigenvalue weighted by atomic mass is 10.0. The summed E-state index contributed by atoms with van der Waals surface area (Å²) in [5, 5.41) is 4.47. The molecule has 1 unspecified atom stereocenters. The van der Waals surface area contributed by atoms with E-state index in [2.05, 4.69) is 27.4 Å². The molecule has 2 aromatic heterocycles. The molecule has 1 N–H and O–H groups in total. The molecule has 0 aliphatic carbocycles. The van der Waals surface area contributed by atoms with Gasteiger partial charge in [-0.25, -0.2) is 0 Å². The highest BCUT2D eigenvalue weighted by atomic mass is 14.9. The summed E-state index contributed by atoms with van der Waals surface area (Å²) in [5.41, 5.74) is 4.19. The van der Waals surface area contributed by atoms with Gasteiger partial charge in [0.05, 0.1) is 17.3 Å². The van der Waals surface area contributed by atoms with Crippen molar-refractivity contribution in [3.8, 4) is 0 Å². The molecule has 3 aromatic rings. The van der Waals surface area contributed by atoms with E-state index in [1.165, 1.54) is 0 Å². The molecule has 3 nitrogen and oxygen atoms in total. The lowest BCUT2D eigenvalue weighted by Gasteiger charge is -2.16. The molecule has 1 aromatic carbocycles. The van der Waals surface area contributed by atoms with Gasteiger partial charge < -0.3 is 5.32 Å². The second-order valence-electron chi connectivity index (χ2n) is 4.89. The van der Waals surface area contributed by atoms with Gasteiger partial charge in [0.1, 0.15) is 0 Å². The topological polar surface area (TPSA) is 37.8 Å². The van der Waals surface area contributed by atoms with Crippen LogP contribution in [0.15, 0.2) is 54.7 Å². The number of hydrogen-bond donors (Lipinski definition) is 1. The Balaban J connectivity index is 2.07. The average molecular weight is 263 g/mol. The number of rotatable bonds is 3. The number of fused-ring (bicyclic) bond motifs is 1. The minimum Gasteiger partial charge on any atom is -0.308 e. The van der Waals surface area contributed by atoms with E-state index in [0.717, 1.165) is 27.9 Å². The number of para-hydroxylation sites is 1. The third kappa shape index (κ3) is 2.40. The van der Waals surface area contributed by atoms with Crippen molar-refractivity contribution in [3.63, 3.8) is 0 Å². The van der Waals surface area contributed by atoms with Crippen LogP contribution in [-0.4, -0.2) is 17.0 Å². The van der Waals surface area contributed by atoms with Crippen LogP contribution in [-0.2, 0) is 0 Å². The number of aryl methyl sites for hydroxylation is 1. The summed E-state index contributed by atoms with van der Waals surface area (Å²) in [5.74, 6) is 0. The van der Waals surface area contributed by atoms with Crippen molar-refractivity contribution < 1.29 is 0 Å². The molecule has 0 radical (unpaired) electrons. The summed E-state index contributed by atoms with van der Waals surface area (Å²) in [6, 6.07) is 16.5. The van der Waals surface area contributed by atoms with Crippen LogP contribution in [0.25, 0.3) is 10.9 Å². The SMILES string of the molecule is CNC(c1cnc2ccccc2c1)c1cccc(C)n1. The fourth-order valence-corrected chi connectivity index (χ4v) is 2.46. The predicted molar refractivity (Wildman–Crippen MR) is 81.6 cm³/mol. The Morgan fingerprint density at radius 2 is 1.90 bits per heavy atom. The maximum absolute atomic E-state index is 4.61. The van der Waals surface area contributed by atoms with E-state index >= 15 is 0 Å². The van der Waals surface area contributed by atoms with Crippen LogP contribution in [0, 0.1) is 6.92 Å². The van der Waals surface area contributed by atoms with Gasteiger partial charge in [-0.3, -0.25) is 9.97 Å². The second kappa shape index (κ2) is 5.39. The summed E-state index contributed by atoms with van der Waals surface area (Å²) in [6.07, 6.45) is 1.92. The lowest BCUT2D eigenvalue weighted by molar-refractivity contribution is 0.667. The van der Waals surface area contributed by atoms with Gasteiger partial charge in [-0.1, -0.05) is 24.3 Å². The van der Waals surface area contributed by atoms with Crippen LogP contribution in [0.1, 0.15) is 23.0 Å². The third-order valence-corrected chi connectivity index (χ3v) is 3.44. The lowest BCUT2D eigenvalue weighted by Crippen LogP contribution is -2.19. The van der Waals surface area contributed by atoms with Crippen molar-refractivity contribution in [1.82, 2.24) is 15.3 Å². The molecule has 0 saturated carbocycles. The molecule has 100 valence electrons. The van der Waals surface area contributed by atoms with Gasteiger partial charge in [-0.15, -0.1) is 0 Å². The zero-order chi connectivity index (χ0) is 13.9. The Kier molecular flexibility index (Phi) is 3.44. The normalized spacial score (nSPS) is 12.5. The van der Waals surface area contributed by atoms with E-state index in [1.807, 2.05) is 56.6 Å². The summed E-state index contributed by atoms with van der Waals surface area (Å²) in [7, 11) is 1.95. The summed E-state index contributed by atoms with van der Waals surface area (Å²) < 4.78 is 0. The first kappa shape index (κ1) is 12.8. The van der Waals surface area contributed by atoms with Gasteiger partial charge in [0.2, 0.25) is 0 Å². The van der Waals surface area contributed by atoms with Crippen molar-refractivity contribution >= 4 is 10.9 Å². The van der Waals surface area contributed by atoms with E-state index in [0.29, 0.717) is 0 Å². The number of pyridine rings is 2. The Bertz CT molecular complexity index is 737. The molecule has 0 aliphatic rings. The van der Waals surface area contributed by atoms with Crippen LogP contribution < -0.4 is 5.32 Å². The molecule has 3 rings (SSSR count). The summed E-state index contributed by atoms with van der Waals surface area (Å²) in [4.78, 5) is 9.14. The zero-order valence-corrected chi connectivity index (χ0v) is 11.7. The highest BCUT2D eigenvalue weighted by Gasteiger charge is 2.14. The molecule has 0 bridgehead atoms. The van der Waals surface area contributed by atoms with Gasteiger partial charge in [-0.2, -0.15) is 0 Å². The first-order chi connectivity index (χ1) is 9.78. The molecule has 20 heavy (non-hydrogen) atoms. The van der Waals surface area contributed by atoms with Crippen molar-refractivity contribution in [2.75, 3.05) is 7.05 Å². The third-order valence-electron chi connectivity index (χ3n) is 3.44. The molecular formula is C17H17N3. The first-order valence-electron chi connectivity index (χ1n) is 6.73. The molecule has 1 atom stereocenters. The highest BCUT2D eigenvalue weighted by molar-refractivity contribution is 5.78.